The summed E-state index contributed by atoms with van der Waals surface area (Å²) in [6.07, 6.45) is 0.268. The Balaban J connectivity index is 2.00. The molecule has 0 saturated carbocycles. The fraction of sp³-hybridized carbons (Fsp3) is 0.391. The zero-order chi connectivity index (χ0) is 20.0. The smallest absolute Gasteiger partial charge is 0.226 e. The van der Waals surface area contributed by atoms with Crippen molar-refractivity contribution in [3.63, 3.8) is 0 Å². The molecule has 2 aromatic rings. The number of benzene rings is 2. The summed E-state index contributed by atoms with van der Waals surface area (Å²) in [5, 5.41) is 3.01. The first-order valence-corrected chi connectivity index (χ1v) is 9.37. The molecule has 0 saturated heterocycles. The maximum atomic E-state index is 12.5. The molecule has 0 bridgehead atoms. The minimum absolute atomic E-state index is 0.0283. The van der Waals surface area contributed by atoms with Gasteiger partial charge in [0.25, 0.3) is 0 Å². The van der Waals surface area contributed by atoms with Gasteiger partial charge in [-0.2, -0.15) is 0 Å². The van der Waals surface area contributed by atoms with Crippen LogP contribution < -0.4 is 5.32 Å². The molecule has 27 heavy (non-hydrogen) atoms. The van der Waals surface area contributed by atoms with Crippen LogP contribution in [0.5, 0.6) is 0 Å². The third kappa shape index (κ3) is 6.24. The zero-order valence-electron chi connectivity index (χ0n) is 17.0. The molecule has 2 aromatic carbocycles. The number of anilines is 1. The fourth-order valence-corrected chi connectivity index (χ4v) is 3.07. The lowest BCUT2D eigenvalue weighted by Gasteiger charge is -2.24. The first-order chi connectivity index (χ1) is 12.7. The molecule has 0 atom stereocenters. The van der Waals surface area contributed by atoms with Crippen molar-refractivity contribution in [2.45, 2.75) is 53.0 Å². The van der Waals surface area contributed by atoms with Crippen LogP contribution in [0.15, 0.2) is 48.5 Å². The summed E-state index contributed by atoms with van der Waals surface area (Å²) < 4.78 is 0. The summed E-state index contributed by atoms with van der Waals surface area (Å²) in [7, 11) is 0. The second kappa shape index (κ2) is 8.85. The van der Waals surface area contributed by atoms with E-state index in [1.165, 1.54) is 0 Å². The van der Waals surface area contributed by atoms with Crippen LogP contribution in [0.2, 0.25) is 0 Å². The summed E-state index contributed by atoms with van der Waals surface area (Å²) in [4.78, 5) is 26.2. The highest BCUT2D eigenvalue weighted by molar-refractivity contribution is 5.92. The molecule has 0 aromatic heterocycles. The normalized spacial score (nSPS) is 11.1. The standard InChI is InChI=1S/C23H30N2O2/c1-17-9-8-10-19(15-17)16-25(18(2)26)14-13-22(27)24-21-12-7-6-11-20(21)23(3,4)5/h6-12,15H,13-14,16H2,1-5H3,(H,24,27). The largest absolute Gasteiger partial charge is 0.338 e. The van der Waals surface area contributed by atoms with Crippen molar-refractivity contribution in [1.82, 2.24) is 4.90 Å². The molecular formula is C23H30N2O2. The molecule has 1 N–H and O–H groups in total. The highest BCUT2D eigenvalue weighted by atomic mass is 16.2. The number of aryl methyl sites for hydroxylation is 1. The predicted octanol–water partition coefficient (Wildman–Crippen LogP) is 4.67. The van der Waals surface area contributed by atoms with Gasteiger partial charge in [0, 0.05) is 32.1 Å². The second-order valence-electron chi connectivity index (χ2n) is 8.02. The van der Waals surface area contributed by atoms with Crippen molar-refractivity contribution in [2.75, 3.05) is 11.9 Å². The molecule has 0 heterocycles. The summed E-state index contributed by atoms with van der Waals surface area (Å²) in [5.41, 5.74) is 4.11. The van der Waals surface area contributed by atoms with Crippen LogP contribution >= 0.6 is 0 Å². The molecule has 0 aliphatic heterocycles. The molecule has 4 heteroatoms. The first kappa shape index (κ1) is 20.7. The van der Waals surface area contributed by atoms with Gasteiger partial charge in [0.05, 0.1) is 0 Å². The Labute approximate surface area is 162 Å². The van der Waals surface area contributed by atoms with E-state index in [2.05, 4.69) is 32.2 Å². The molecular weight excluding hydrogens is 336 g/mol. The number of carbonyl (C=O) groups excluding carboxylic acids is 2. The van der Waals surface area contributed by atoms with Crippen LogP contribution in [-0.2, 0) is 21.5 Å². The molecule has 144 valence electrons. The maximum absolute atomic E-state index is 12.5. The lowest BCUT2D eigenvalue weighted by molar-refractivity contribution is -0.129. The van der Waals surface area contributed by atoms with Gasteiger partial charge >= 0.3 is 0 Å². The number of nitrogens with one attached hydrogen (secondary N) is 1. The van der Waals surface area contributed by atoms with E-state index < -0.39 is 0 Å². The first-order valence-electron chi connectivity index (χ1n) is 9.37. The monoisotopic (exact) mass is 366 g/mol. The highest BCUT2D eigenvalue weighted by Crippen LogP contribution is 2.29. The van der Waals surface area contributed by atoms with Gasteiger partial charge in [-0.1, -0.05) is 68.8 Å². The predicted molar refractivity (Wildman–Crippen MR) is 111 cm³/mol. The van der Waals surface area contributed by atoms with E-state index in [-0.39, 0.29) is 23.7 Å². The Bertz CT molecular complexity index is 806. The highest BCUT2D eigenvalue weighted by Gasteiger charge is 2.19. The molecule has 0 radical (unpaired) electrons. The van der Waals surface area contributed by atoms with Gasteiger partial charge in [-0.15, -0.1) is 0 Å². The molecule has 2 amide bonds. The fourth-order valence-electron chi connectivity index (χ4n) is 3.07. The molecule has 4 nitrogen and oxygen atoms in total. The Kier molecular flexibility index (Phi) is 6.78. The van der Waals surface area contributed by atoms with Gasteiger partial charge in [0.1, 0.15) is 0 Å². The van der Waals surface area contributed by atoms with E-state index in [9.17, 15) is 9.59 Å². The number of hydrogen-bond acceptors (Lipinski definition) is 2. The number of carbonyl (C=O) groups is 2. The zero-order valence-corrected chi connectivity index (χ0v) is 17.0. The maximum Gasteiger partial charge on any atom is 0.226 e. The van der Waals surface area contributed by atoms with Crippen molar-refractivity contribution in [3.8, 4) is 0 Å². The Morgan fingerprint density at radius 1 is 1.04 bits per heavy atom. The summed E-state index contributed by atoms with van der Waals surface area (Å²) in [6.45, 7) is 10.9. The lowest BCUT2D eigenvalue weighted by atomic mass is 9.86. The van der Waals surface area contributed by atoms with Gasteiger partial charge in [-0.25, -0.2) is 0 Å². The average molecular weight is 367 g/mol. The number of rotatable bonds is 6. The van der Waals surface area contributed by atoms with E-state index in [0.29, 0.717) is 13.1 Å². The minimum atomic E-state index is -0.0813. The van der Waals surface area contributed by atoms with Gasteiger partial charge in [-0.3, -0.25) is 9.59 Å². The number of nitrogens with zero attached hydrogens (tertiary/aromatic N) is 1. The topological polar surface area (TPSA) is 49.4 Å². The number of para-hydroxylation sites is 1. The van der Waals surface area contributed by atoms with Crippen molar-refractivity contribution in [3.05, 3.63) is 65.2 Å². The summed E-state index contributed by atoms with van der Waals surface area (Å²) in [5.74, 6) is -0.110. The third-order valence-corrected chi connectivity index (χ3v) is 4.52. The Hall–Kier alpha value is -2.62. The molecule has 0 unspecified atom stereocenters. The van der Waals surface area contributed by atoms with E-state index in [1.807, 2.05) is 49.4 Å². The van der Waals surface area contributed by atoms with E-state index in [0.717, 1.165) is 22.4 Å². The average Bonchev–Trinajstić information content (AvgIpc) is 2.58. The Morgan fingerprint density at radius 2 is 1.74 bits per heavy atom. The Morgan fingerprint density at radius 3 is 2.37 bits per heavy atom. The van der Waals surface area contributed by atoms with Gasteiger partial charge < -0.3 is 10.2 Å². The van der Waals surface area contributed by atoms with Crippen LogP contribution in [0.3, 0.4) is 0 Å². The van der Waals surface area contributed by atoms with Crippen LogP contribution in [-0.4, -0.2) is 23.3 Å². The van der Waals surface area contributed by atoms with Crippen molar-refractivity contribution in [2.24, 2.45) is 0 Å². The van der Waals surface area contributed by atoms with Crippen LogP contribution in [0.25, 0.3) is 0 Å². The summed E-state index contributed by atoms with van der Waals surface area (Å²) in [6, 6.07) is 15.9. The van der Waals surface area contributed by atoms with Gasteiger partial charge in [0.15, 0.2) is 0 Å². The van der Waals surface area contributed by atoms with Crippen LogP contribution in [0.4, 0.5) is 5.69 Å². The minimum Gasteiger partial charge on any atom is -0.338 e. The quantitative estimate of drug-likeness (QED) is 0.808. The second-order valence-corrected chi connectivity index (χ2v) is 8.02. The SMILES string of the molecule is CC(=O)N(CCC(=O)Nc1ccccc1C(C)(C)C)Cc1cccc(C)c1. The van der Waals surface area contributed by atoms with E-state index >= 15 is 0 Å². The lowest BCUT2D eigenvalue weighted by Crippen LogP contribution is -2.31. The van der Waals surface area contributed by atoms with Gasteiger partial charge in [-0.05, 0) is 29.5 Å². The van der Waals surface area contributed by atoms with Gasteiger partial charge in [0.2, 0.25) is 11.8 Å². The van der Waals surface area contributed by atoms with E-state index in [4.69, 9.17) is 0 Å². The van der Waals surface area contributed by atoms with Crippen molar-refractivity contribution < 1.29 is 9.59 Å². The van der Waals surface area contributed by atoms with Crippen LogP contribution in [0.1, 0.15) is 50.8 Å². The number of hydrogen-bond donors (Lipinski definition) is 1. The molecule has 2 rings (SSSR count). The van der Waals surface area contributed by atoms with Crippen molar-refractivity contribution in [1.29, 1.82) is 0 Å². The molecule has 0 aliphatic rings. The molecule has 0 fully saturated rings. The summed E-state index contributed by atoms with van der Waals surface area (Å²) >= 11 is 0. The number of amides is 2. The third-order valence-electron chi connectivity index (χ3n) is 4.52. The molecule has 0 spiro atoms. The van der Waals surface area contributed by atoms with E-state index in [1.54, 1.807) is 11.8 Å². The van der Waals surface area contributed by atoms with Crippen LogP contribution in [0, 0.1) is 6.92 Å². The van der Waals surface area contributed by atoms with Crippen molar-refractivity contribution >= 4 is 17.5 Å². The molecule has 0 aliphatic carbocycles.